The van der Waals surface area contributed by atoms with Crippen molar-refractivity contribution in [2.24, 2.45) is 11.7 Å². The lowest BCUT2D eigenvalue weighted by molar-refractivity contribution is 0.106. The fourth-order valence-electron chi connectivity index (χ4n) is 1.97. The molecule has 1 aliphatic rings. The van der Waals surface area contributed by atoms with Crippen molar-refractivity contribution in [2.45, 2.75) is 39.2 Å². The Morgan fingerprint density at radius 3 is 2.69 bits per heavy atom. The summed E-state index contributed by atoms with van der Waals surface area (Å²) in [5.41, 5.74) is 5.42. The highest BCUT2D eigenvalue weighted by molar-refractivity contribution is 5.75. The highest BCUT2D eigenvalue weighted by atomic mass is 16.2. The topological polar surface area (TPSA) is 49.6 Å². The number of likely N-dealkylation sites (N-methyl/N-ethyl adjacent to an activating group) is 1. The van der Waals surface area contributed by atoms with E-state index >= 15 is 0 Å². The van der Waals surface area contributed by atoms with Gasteiger partial charge in [-0.3, -0.25) is 0 Å². The summed E-state index contributed by atoms with van der Waals surface area (Å²) in [6.07, 6.45) is 2.34. The van der Waals surface area contributed by atoms with Crippen LogP contribution in [0.25, 0.3) is 0 Å². The van der Waals surface area contributed by atoms with Crippen molar-refractivity contribution in [3.8, 4) is 0 Å². The zero-order valence-corrected chi connectivity index (χ0v) is 11.0. The first-order valence-corrected chi connectivity index (χ1v) is 6.11. The zero-order valence-electron chi connectivity index (χ0n) is 11.0. The van der Waals surface area contributed by atoms with Crippen molar-refractivity contribution in [3.63, 3.8) is 0 Å². The minimum absolute atomic E-state index is 0.113. The summed E-state index contributed by atoms with van der Waals surface area (Å²) >= 11 is 0. The first kappa shape index (κ1) is 13.3. The minimum atomic E-state index is -0.266. The minimum Gasteiger partial charge on any atom is -0.328 e. The van der Waals surface area contributed by atoms with Gasteiger partial charge in [0.2, 0.25) is 0 Å². The molecule has 1 aliphatic heterocycles. The maximum atomic E-state index is 12.2. The third-order valence-electron chi connectivity index (χ3n) is 3.62. The van der Waals surface area contributed by atoms with Crippen molar-refractivity contribution in [1.82, 2.24) is 9.80 Å². The first-order valence-electron chi connectivity index (χ1n) is 6.11. The van der Waals surface area contributed by atoms with Gasteiger partial charge >= 0.3 is 6.03 Å². The van der Waals surface area contributed by atoms with Crippen LogP contribution in [0.3, 0.4) is 0 Å². The zero-order chi connectivity index (χ0) is 12.3. The number of urea groups is 1. The van der Waals surface area contributed by atoms with Gasteiger partial charge in [0.05, 0.1) is 5.54 Å². The van der Waals surface area contributed by atoms with Crippen LogP contribution in [0.15, 0.2) is 0 Å². The molecule has 0 aliphatic carbocycles. The van der Waals surface area contributed by atoms with E-state index < -0.39 is 0 Å². The van der Waals surface area contributed by atoms with Crippen molar-refractivity contribution in [3.05, 3.63) is 0 Å². The van der Waals surface area contributed by atoms with Crippen LogP contribution in [0.5, 0.6) is 0 Å². The molecule has 1 fully saturated rings. The van der Waals surface area contributed by atoms with Crippen LogP contribution in [0, 0.1) is 5.92 Å². The van der Waals surface area contributed by atoms with E-state index in [9.17, 15) is 4.79 Å². The number of carbonyl (C=O) groups excluding carboxylic acids is 1. The lowest BCUT2D eigenvalue weighted by atomic mass is 10.00. The number of nitrogens with zero attached hydrogens (tertiary/aromatic N) is 2. The third kappa shape index (κ3) is 2.88. The fraction of sp³-hybridized carbons (Fsp3) is 0.917. The number of rotatable bonds is 2. The maximum Gasteiger partial charge on any atom is 0.320 e. The Kier molecular flexibility index (Phi) is 4.19. The van der Waals surface area contributed by atoms with Gasteiger partial charge < -0.3 is 15.5 Å². The van der Waals surface area contributed by atoms with Crippen LogP contribution in [0.1, 0.15) is 33.6 Å². The van der Waals surface area contributed by atoms with E-state index in [2.05, 4.69) is 6.92 Å². The molecule has 1 saturated heterocycles. The maximum absolute atomic E-state index is 12.2. The molecule has 0 bridgehead atoms. The highest BCUT2D eigenvalue weighted by Gasteiger charge is 2.31. The van der Waals surface area contributed by atoms with Gasteiger partial charge in [-0.15, -0.1) is 0 Å². The lowest BCUT2D eigenvalue weighted by Gasteiger charge is -2.40. The van der Waals surface area contributed by atoms with Gasteiger partial charge in [-0.25, -0.2) is 4.79 Å². The van der Waals surface area contributed by atoms with E-state index in [1.54, 1.807) is 4.90 Å². The molecule has 4 nitrogen and oxygen atoms in total. The average molecular weight is 227 g/mol. The van der Waals surface area contributed by atoms with Gasteiger partial charge in [-0.1, -0.05) is 6.92 Å². The standard InChI is InChI=1S/C12H25N3O/c1-10-6-5-7-15(8-10)11(16)14(4)12(2,3)9-13/h10H,5-9,13H2,1-4H3. The fourth-order valence-corrected chi connectivity index (χ4v) is 1.97. The number of piperidine rings is 1. The first-order chi connectivity index (χ1) is 7.38. The summed E-state index contributed by atoms with van der Waals surface area (Å²) in [7, 11) is 1.84. The molecule has 1 atom stereocenters. The Bertz CT molecular complexity index is 253. The summed E-state index contributed by atoms with van der Waals surface area (Å²) in [5, 5.41) is 0. The second kappa shape index (κ2) is 5.04. The molecular formula is C12H25N3O. The van der Waals surface area contributed by atoms with E-state index in [-0.39, 0.29) is 11.6 Å². The predicted octanol–water partition coefficient (Wildman–Crippen LogP) is 1.51. The van der Waals surface area contributed by atoms with Crippen LogP contribution in [0.4, 0.5) is 4.79 Å². The Labute approximate surface area is 98.8 Å². The summed E-state index contributed by atoms with van der Waals surface area (Å²) in [5.74, 6) is 0.618. The molecule has 16 heavy (non-hydrogen) atoms. The summed E-state index contributed by atoms with van der Waals surface area (Å²) in [6.45, 7) is 8.45. The molecule has 4 heteroatoms. The van der Waals surface area contributed by atoms with Crippen molar-refractivity contribution >= 4 is 6.03 Å². The number of amides is 2. The van der Waals surface area contributed by atoms with Gasteiger partial charge in [0.1, 0.15) is 0 Å². The molecule has 94 valence electrons. The summed E-state index contributed by atoms with van der Waals surface area (Å²) in [4.78, 5) is 16.0. The number of hydrogen-bond acceptors (Lipinski definition) is 2. The third-order valence-corrected chi connectivity index (χ3v) is 3.62. The highest BCUT2D eigenvalue weighted by Crippen LogP contribution is 2.19. The molecule has 0 aromatic carbocycles. The van der Waals surface area contributed by atoms with Crippen LogP contribution >= 0.6 is 0 Å². The molecule has 1 rings (SSSR count). The van der Waals surface area contributed by atoms with Gasteiger partial charge in [-0.2, -0.15) is 0 Å². The second-order valence-corrected chi connectivity index (χ2v) is 5.55. The second-order valence-electron chi connectivity index (χ2n) is 5.55. The Balaban J connectivity index is 2.63. The molecular weight excluding hydrogens is 202 g/mol. The molecule has 0 saturated carbocycles. The lowest BCUT2D eigenvalue weighted by Crippen LogP contribution is -2.55. The van der Waals surface area contributed by atoms with Crippen molar-refractivity contribution in [2.75, 3.05) is 26.7 Å². The monoisotopic (exact) mass is 227 g/mol. The summed E-state index contributed by atoms with van der Waals surface area (Å²) < 4.78 is 0. The van der Waals surface area contributed by atoms with Crippen molar-refractivity contribution in [1.29, 1.82) is 0 Å². The molecule has 1 unspecified atom stereocenters. The van der Waals surface area contributed by atoms with E-state index in [1.807, 2.05) is 25.8 Å². The van der Waals surface area contributed by atoms with E-state index in [0.29, 0.717) is 12.5 Å². The van der Waals surface area contributed by atoms with E-state index in [0.717, 1.165) is 19.5 Å². The van der Waals surface area contributed by atoms with Crippen LogP contribution in [-0.4, -0.2) is 48.1 Å². The van der Waals surface area contributed by atoms with E-state index in [1.165, 1.54) is 6.42 Å². The molecule has 1 heterocycles. The van der Waals surface area contributed by atoms with Crippen LogP contribution in [-0.2, 0) is 0 Å². The van der Waals surface area contributed by atoms with Gasteiger partial charge in [0.25, 0.3) is 0 Å². The van der Waals surface area contributed by atoms with Crippen molar-refractivity contribution < 1.29 is 4.79 Å². The number of hydrogen-bond donors (Lipinski definition) is 1. The molecule has 0 aromatic rings. The van der Waals surface area contributed by atoms with Gasteiger partial charge in [-0.05, 0) is 32.6 Å². The van der Waals surface area contributed by atoms with E-state index in [4.69, 9.17) is 5.73 Å². The SMILES string of the molecule is CC1CCCN(C(=O)N(C)C(C)(C)CN)C1. The van der Waals surface area contributed by atoms with Gasteiger partial charge in [0.15, 0.2) is 0 Å². The Morgan fingerprint density at radius 1 is 1.56 bits per heavy atom. The Morgan fingerprint density at radius 2 is 2.19 bits per heavy atom. The molecule has 2 amide bonds. The average Bonchev–Trinajstić information content (AvgIpc) is 2.27. The smallest absolute Gasteiger partial charge is 0.320 e. The number of nitrogens with two attached hydrogens (primary N) is 1. The number of likely N-dealkylation sites (tertiary alicyclic amines) is 1. The molecule has 0 spiro atoms. The predicted molar refractivity (Wildman–Crippen MR) is 66.3 cm³/mol. The molecule has 0 radical (unpaired) electrons. The largest absolute Gasteiger partial charge is 0.328 e. The van der Waals surface area contributed by atoms with Crippen LogP contribution in [0.2, 0.25) is 0 Å². The molecule has 2 N–H and O–H groups in total. The Hall–Kier alpha value is -0.770. The van der Waals surface area contributed by atoms with Gasteiger partial charge in [0, 0.05) is 26.7 Å². The quantitative estimate of drug-likeness (QED) is 0.777. The van der Waals surface area contributed by atoms with Crippen LogP contribution < -0.4 is 5.73 Å². The number of carbonyl (C=O) groups is 1. The normalized spacial score (nSPS) is 22.1. The molecule has 0 aromatic heterocycles. The summed E-state index contributed by atoms with van der Waals surface area (Å²) in [6, 6.07) is 0.113.